The lowest BCUT2D eigenvalue weighted by Crippen LogP contribution is -2.54. The third-order valence-corrected chi connectivity index (χ3v) is 7.96. The first-order valence-electron chi connectivity index (χ1n) is 10.3. The first-order valence-corrected chi connectivity index (χ1v) is 10.3. The van der Waals surface area contributed by atoms with E-state index < -0.39 is 41.2 Å². The Hall–Kier alpha value is -1.53. The van der Waals surface area contributed by atoms with E-state index in [9.17, 15) is 19.5 Å². The molecule has 1 aliphatic heterocycles. The van der Waals surface area contributed by atoms with Crippen LogP contribution in [0, 0.1) is 22.7 Å². The standard InChI is InChI=1S/C22H30O6/c1-11-13-9-14(27-12(2)23)18(26)21(5)8-6-7-20(3,4)15(21)10-16(24)22(17(11)25)19(13)28-22/h13-16,19,24H,1,6-10H2,2-5H3/t13-,14-,15+,16+,19-,21-,22?/m0/s1. The van der Waals surface area contributed by atoms with Crippen LogP contribution in [0.15, 0.2) is 12.2 Å². The number of rotatable bonds is 1. The van der Waals surface area contributed by atoms with Crippen molar-refractivity contribution in [3.05, 3.63) is 12.2 Å². The van der Waals surface area contributed by atoms with Crippen LogP contribution < -0.4 is 0 Å². The van der Waals surface area contributed by atoms with Crippen molar-refractivity contribution in [2.75, 3.05) is 0 Å². The summed E-state index contributed by atoms with van der Waals surface area (Å²) >= 11 is 0. The van der Waals surface area contributed by atoms with Crippen molar-refractivity contribution < 1.29 is 29.0 Å². The number of carbonyl (C=O) groups is 3. The summed E-state index contributed by atoms with van der Waals surface area (Å²) in [5.41, 5.74) is -1.78. The average Bonchev–Trinajstić information content (AvgIpc) is 3.30. The van der Waals surface area contributed by atoms with E-state index in [2.05, 4.69) is 20.4 Å². The van der Waals surface area contributed by atoms with Gasteiger partial charge in [-0.05, 0) is 36.2 Å². The van der Waals surface area contributed by atoms with Crippen LogP contribution in [0.5, 0.6) is 0 Å². The lowest BCUT2D eigenvalue weighted by atomic mass is 9.52. The maximum atomic E-state index is 13.7. The molecule has 6 nitrogen and oxygen atoms in total. The summed E-state index contributed by atoms with van der Waals surface area (Å²) in [4.78, 5) is 38.4. The molecule has 0 aromatic heterocycles. The Morgan fingerprint density at radius 1 is 1.21 bits per heavy atom. The van der Waals surface area contributed by atoms with Crippen LogP contribution in [0.1, 0.15) is 59.8 Å². The van der Waals surface area contributed by atoms with Gasteiger partial charge < -0.3 is 14.6 Å². The topological polar surface area (TPSA) is 93.2 Å². The molecule has 154 valence electrons. The molecule has 1 unspecified atom stereocenters. The highest BCUT2D eigenvalue weighted by molar-refractivity contribution is 6.08. The van der Waals surface area contributed by atoms with Crippen molar-refractivity contribution >= 4 is 17.5 Å². The lowest BCUT2D eigenvalue weighted by Gasteiger charge is -2.51. The fourth-order valence-electron chi connectivity index (χ4n) is 6.43. The number of epoxide rings is 1. The summed E-state index contributed by atoms with van der Waals surface area (Å²) in [5, 5.41) is 11.1. The van der Waals surface area contributed by atoms with Crippen molar-refractivity contribution in [2.24, 2.45) is 22.7 Å². The first kappa shape index (κ1) is 19.8. The van der Waals surface area contributed by atoms with E-state index in [1.54, 1.807) is 0 Å². The Kier molecular flexibility index (Phi) is 4.23. The monoisotopic (exact) mass is 390 g/mol. The fourth-order valence-corrected chi connectivity index (χ4v) is 6.43. The van der Waals surface area contributed by atoms with Crippen LogP contribution in [-0.4, -0.2) is 46.6 Å². The number of hydrogen-bond donors (Lipinski definition) is 1. The number of ketones is 2. The molecule has 0 radical (unpaired) electrons. The molecule has 0 aromatic rings. The number of ether oxygens (including phenoxy) is 2. The van der Waals surface area contributed by atoms with Gasteiger partial charge in [0.15, 0.2) is 23.3 Å². The molecular weight excluding hydrogens is 360 g/mol. The van der Waals surface area contributed by atoms with Gasteiger partial charge in [-0.2, -0.15) is 0 Å². The number of hydrogen-bond acceptors (Lipinski definition) is 6. The summed E-state index contributed by atoms with van der Waals surface area (Å²) in [7, 11) is 0. The molecule has 3 aliphatic carbocycles. The highest BCUT2D eigenvalue weighted by Crippen LogP contribution is 2.61. The molecule has 7 atom stereocenters. The fraction of sp³-hybridized carbons (Fsp3) is 0.773. The first-order chi connectivity index (χ1) is 12.9. The van der Waals surface area contributed by atoms with Gasteiger partial charge in [0, 0.05) is 24.7 Å². The van der Waals surface area contributed by atoms with E-state index >= 15 is 0 Å². The zero-order valence-electron chi connectivity index (χ0n) is 17.1. The minimum atomic E-state index is -1.22. The van der Waals surface area contributed by atoms with Crippen LogP contribution in [0.4, 0.5) is 0 Å². The molecule has 0 spiro atoms. The van der Waals surface area contributed by atoms with Gasteiger partial charge in [-0.15, -0.1) is 0 Å². The van der Waals surface area contributed by atoms with Gasteiger partial charge in [-0.25, -0.2) is 0 Å². The van der Waals surface area contributed by atoms with Gasteiger partial charge in [0.2, 0.25) is 0 Å². The van der Waals surface area contributed by atoms with E-state index in [-0.39, 0.29) is 29.3 Å². The van der Waals surface area contributed by atoms with E-state index in [0.29, 0.717) is 18.4 Å². The lowest BCUT2D eigenvalue weighted by molar-refractivity contribution is -0.164. The maximum Gasteiger partial charge on any atom is 0.303 e. The van der Waals surface area contributed by atoms with E-state index in [0.717, 1.165) is 12.8 Å². The minimum absolute atomic E-state index is 0.104. The second-order valence-electron chi connectivity index (χ2n) is 10.1. The summed E-state index contributed by atoms with van der Waals surface area (Å²) in [6.45, 7) is 11.4. The number of carbonyl (C=O) groups excluding carboxylic acids is 3. The Bertz CT molecular complexity index is 769. The average molecular weight is 390 g/mol. The molecule has 28 heavy (non-hydrogen) atoms. The largest absolute Gasteiger partial charge is 0.454 e. The normalized spacial score (nSPS) is 47.2. The van der Waals surface area contributed by atoms with E-state index in [1.807, 2.05) is 6.92 Å². The van der Waals surface area contributed by atoms with Gasteiger partial charge in [0.05, 0.1) is 6.10 Å². The predicted octanol–water partition coefficient (Wildman–Crippen LogP) is 2.37. The van der Waals surface area contributed by atoms with Gasteiger partial charge in [-0.1, -0.05) is 33.8 Å². The second kappa shape index (κ2) is 5.99. The Balaban J connectivity index is 1.82. The van der Waals surface area contributed by atoms with Crippen molar-refractivity contribution in [1.29, 1.82) is 0 Å². The predicted molar refractivity (Wildman–Crippen MR) is 100 cm³/mol. The molecule has 4 fully saturated rings. The van der Waals surface area contributed by atoms with E-state index in [1.165, 1.54) is 6.92 Å². The van der Waals surface area contributed by atoms with Crippen LogP contribution >= 0.6 is 0 Å². The van der Waals surface area contributed by atoms with Crippen LogP contribution in [-0.2, 0) is 23.9 Å². The van der Waals surface area contributed by atoms with Crippen LogP contribution in [0.25, 0.3) is 0 Å². The molecule has 4 rings (SSSR count). The van der Waals surface area contributed by atoms with Crippen LogP contribution in [0.2, 0.25) is 0 Å². The quantitative estimate of drug-likeness (QED) is 0.420. The summed E-state index contributed by atoms with van der Waals surface area (Å²) < 4.78 is 11.3. The maximum absolute atomic E-state index is 13.7. The zero-order chi connectivity index (χ0) is 20.6. The van der Waals surface area contributed by atoms with Crippen LogP contribution in [0.3, 0.4) is 0 Å². The Morgan fingerprint density at radius 3 is 2.54 bits per heavy atom. The third kappa shape index (κ3) is 2.50. The van der Waals surface area contributed by atoms with Crippen molar-refractivity contribution in [3.8, 4) is 0 Å². The van der Waals surface area contributed by atoms with Crippen molar-refractivity contribution in [1.82, 2.24) is 0 Å². The molecule has 3 saturated carbocycles. The highest BCUT2D eigenvalue weighted by atomic mass is 16.6. The van der Waals surface area contributed by atoms with Crippen molar-refractivity contribution in [2.45, 2.75) is 83.7 Å². The summed E-state index contributed by atoms with van der Waals surface area (Å²) in [5.74, 6) is -1.43. The number of aliphatic hydroxyl groups is 1. The highest BCUT2D eigenvalue weighted by Gasteiger charge is 2.76. The smallest absolute Gasteiger partial charge is 0.303 e. The second-order valence-corrected chi connectivity index (χ2v) is 10.1. The molecule has 6 heteroatoms. The molecule has 4 aliphatic rings. The van der Waals surface area contributed by atoms with E-state index in [4.69, 9.17) is 9.47 Å². The molecule has 1 saturated heterocycles. The summed E-state index contributed by atoms with van der Waals surface area (Å²) in [6.07, 6.45) is 0.635. The SMILES string of the molecule is C=C1C(=O)C23O[C@H]2[C@H]1C[C@H](OC(C)=O)C(=O)[C@@]1(C)CCCC(C)(C)[C@H]1C[C@H]3O. The zero-order valence-corrected chi connectivity index (χ0v) is 17.1. The molecule has 2 bridgehead atoms. The van der Waals surface area contributed by atoms with Gasteiger partial charge in [0.25, 0.3) is 0 Å². The number of Topliss-reactive ketones (excluding diaryl/α,β-unsaturated/α-hetero) is 2. The van der Waals surface area contributed by atoms with Crippen molar-refractivity contribution in [3.63, 3.8) is 0 Å². The molecule has 0 aromatic carbocycles. The molecule has 1 heterocycles. The third-order valence-electron chi connectivity index (χ3n) is 7.96. The van der Waals surface area contributed by atoms with Gasteiger partial charge in [-0.3, -0.25) is 14.4 Å². The summed E-state index contributed by atoms with van der Waals surface area (Å²) in [6, 6.07) is 0. The number of esters is 1. The Morgan fingerprint density at radius 2 is 1.89 bits per heavy atom. The Labute approximate surface area is 165 Å². The minimum Gasteiger partial charge on any atom is -0.454 e. The van der Waals surface area contributed by atoms with Gasteiger partial charge in [0.1, 0.15) is 6.10 Å². The molecule has 0 amide bonds. The molecular formula is C22H30O6. The molecule has 1 N–H and O–H groups in total. The van der Waals surface area contributed by atoms with Gasteiger partial charge >= 0.3 is 5.97 Å². The number of fused-ring (bicyclic) bond motifs is 1. The number of aliphatic hydroxyl groups excluding tert-OH is 1.